The van der Waals surface area contributed by atoms with Gasteiger partial charge in [-0.3, -0.25) is 0 Å². The number of alkyl halides is 3. The van der Waals surface area contributed by atoms with Crippen LogP contribution in [-0.2, 0) is 0 Å². The Morgan fingerprint density at radius 3 is 2.53 bits per heavy atom. The summed E-state index contributed by atoms with van der Waals surface area (Å²) >= 11 is 0. The third-order valence-electron chi connectivity index (χ3n) is 6.62. The smallest absolute Gasteiger partial charge is 0.383 e. The lowest BCUT2D eigenvalue weighted by Crippen LogP contribution is -2.35. The molecule has 0 aliphatic carbocycles. The number of aromatic amines is 1. The number of rotatable bonds is 5. The van der Waals surface area contributed by atoms with E-state index in [1.165, 1.54) is 16.5 Å². The Morgan fingerprint density at radius 1 is 1.19 bits per heavy atom. The van der Waals surface area contributed by atoms with Crippen LogP contribution in [-0.4, -0.2) is 40.7 Å². The largest absolute Gasteiger partial charge is 0.390 e. The Kier molecular flexibility index (Phi) is 6.21. The first-order chi connectivity index (χ1) is 15.1. The van der Waals surface area contributed by atoms with Crippen LogP contribution in [0.1, 0.15) is 61.6 Å². The summed E-state index contributed by atoms with van der Waals surface area (Å²) in [5, 5.41) is 1.21. The number of hydrogen-bond acceptors (Lipinski definition) is 3. The predicted molar refractivity (Wildman–Crippen MR) is 124 cm³/mol. The number of H-pyrrole nitrogens is 1. The fraction of sp³-hybridized carbons (Fsp3) is 0.480. The van der Waals surface area contributed by atoms with E-state index in [0.717, 1.165) is 35.2 Å². The van der Waals surface area contributed by atoms with E-state index in [0.29, 0.717) is 30.7 Å². The Labute approximate surface area is 187 Å². The summed E-state index contributed by atoms with van der Waals surface area (Å²) in [4.78, 5) is 9.86. The van der Waals surface area contributed by atoms with Gasteiger partial charge in [0.05, 0.1) is 12.1 Å². The van der Waals surface area contributed by atoms with Crippen molar-refractivity contribution in [3.8, 4) is 11.3 Å². The van der Waals surface area contributed by atoms with Crippen LogP contribution in [0.3, 0.4) is 0 Å². The van der Waals surface area contributed by atoms with E-state index in [1.807, 2.05) is 18.0 Å². The molecule has 1 fully saturated rings. The molecule has 0 atom stereocenters. The second-order valence-electron chi connectivity index (χ2n) is 9.28. The molecule has 0 unspecified atom stereocenters. The second-order valence-corrected chi connectivity index (χ2v) is 9.28. The number of anilines is 1. The number of hydrogen-bond donors (Lipinski definition) is 2. The van der Waals surface area contributed by atoms with Gasteiger partial charge in [-0.25, -0.2) is 4.98 Å². The van der Waals surface area contributed by atoms with Crippen molar-refractivity contribution in [2.24, 2.45) is 0 Å². The maximum absolute atomic E-state index is 12.5. The summed E-state index contributed by atoms with van der Waals surface area (Å²) in [5.74, 6) is 1.23. The fourth-order valence-electron chi connectivity index (χ4n) is 4.81. The SMILES string of the molecule is Cc1cc(-c2[nH]c3ccc(C4CCN(CCC(F)(F)F)CC4)cc3c2C(C)C)cnc1N. The van der Waals surface area contributed by atoms with Gasteiger partial charge in [0.2, 0.25) is 0 Å². The van der Waals surface area contributed by atoms with Crippen LogP contribution in [0, 0.1) is 6.92 Å². The monoisotopic (exact) mass is 444 g/mol. The van der Waals surface area contributed by atoms with Crippen LogP contribution in [0.15, 0.2) is 30.5 Å². The van der Waals surface area contributed by atoms with Gasteiger partial charge in [0, 0.05) is 29.2 Å². The predicted octanol–water partition coefficient (Wildman–Crippen LogP) is 6.38. The maximum atomic E-state index is 12.5. The fourth-order valence-corrected chi connectivity index (χ4v) is 4.81. The van der Waals surface area contributed by atoms with E-state index in [1.54, 1.807) is 0 Å². The summed E-state index contributed by atoms with van der Waals surface area (Å²) in [5.41, 5.74) is 12.6. The van der Waals surface area contributed by atoms with Crippen molar-refractivity contribution in [3.05, 3.63) is 47.2 Å². The standard InChI is InChI=1S/C25H31F3N4/c1-15(2)22-20-13-18(17-6-9-32(10-7-17)11-8-25(26,27)28)4-5-21(20)31-23(22)19-12-16(3)24(29)30-14-19/h4-5,12-15,17,31H,6-11H2,1-3H3,(H2,29,30). The number of pyridine rings is 1. The first kappa shape index (κ1) is 22.6. The Bertz CT molecular complexity index is 1090. The molecule has 1 aromatic carbocycles. The highest BCUT2D eigenvalue weighted by molar-refractivity contribution is 5.92. The molecule has 4 rings (SSSR count). The number of fused-ring (bicyclic) bond motifs is 1. The number of nitrogens with zero attached hydrogens (tertiary/aromatic N) is 2. The number of benzene rings is 1. The van der Waals surface area contributed by atoms with Crippen LogP contribution in [0.5, 0.6) is 0 Å². The van der Waals surface area contributed by atoms with Crippen molar-refractivity contribution >= 4 is 16.7 Å². The van der Waals surface area contributed by atoms with Crippen molar-refractivity contribution < 1.29 is 13.2 Å². The van der Waals surface area contributed by atoms with Gasteiger partial charge in [-0.15, -0.1) is 0 Å². The average molecular weight is 445 g/mol. The van der Waals surface area contributed by atoms with E-state index in [2.05, 4.69) is 48.1 Å². The van der Waals surface area contributed by atoms with E-state index in [4.69, 9.17) is 5.73 Å². The van der Waals surface area contributed by atoms with Crippen molar-refractivity contribution in [3.63, 3.8) is 0 Å². The Morgan fingerprint density at radius 2 is 1.91 bits per heavy atom. The van der Waals surface area contributed by atoms with Crippen molar-refractivity contribution in [1.29, 1.82) is 0 Å². The number of piperidine rings is 1. The quantitative estimate of drug-likeness (QED) is 0.480. The van der Waals surface area contributed by atoms with Crippen molar-refractivity contribution in [1.82, 2.24) is 14.9 Å². The molecule has 1 aliphatic heterocycles. The minimum absolute atomic E-state index is 0.100. The summed E-state index contributed by atoms with van der Waals surface area (Å²) in [6, 6.07) is 8.64. The summed E-state index contributed by atoms with van der Waals surface area (Å²) in [6.07, 6.45) is -1.22. The Hall–Kier alpha value is -2.54. The van der Waals surface area contributed by atoms with Crippen molar-refractivity contribution in [2.45, 2.75) is 58.0 Å². The molecule has 172 valence electrons. The minimum atomic E-state index is -4.08. The first-order valence-electron chi connectivity index (χ1n) is 11.3. The molecule has 3 aromatic rings. The number of nitrogens with one attached hydrogen (secondary N) is 1. The van der Waals surface area contributed by atoms with Crippen LogP contribution < -0.4 is 5.73 Å². The average Bonchev–Trinajstić information content (AvgIpc) is 3.13. The number of aromatic nitrogens is 2. The normalized spacial score (nSPS) is 16.3. The molecule has 0 spiro atoms. The number of halogens is 3. The number of nitrogen functional groups attached to an aromatic ring is 1. The summed E-state index contributed by atoms with van der Waals surface area (Å²) < 4.78 is 37.6. The molecule has 0 radical (unpaired) electrons. The van der Waals surface area contributed by atoms with Gasteiger partial charge in [0.1, 0.15) is 5.82 Å². The molecule has 3 N–H and O–H groups in total. The van der Waals surface area contributed by atoms with Gasteiger partial charge < -0.3 is 15.6 Å². The van der Waals surface area contributed by atoms with Crippen LogP contribution in [0.4, 0.5) is 19.0 Å². The highest BCUT2D eigenvalue weighted by Crippen LogP contribution is 2.38. The molecule has 4 nitrogen and oxygen atoms in total. The van der Waals surface area contributed by atoms with E-state index in [-0.39, 0.29) is 6.54 Å². The second kappa shape index (κ2) is 8.77. The third kappa shape index (κ3) is 4.77. The molecular weight excluding hydrogens is 413 g/mol. The zero-order chi connectivity index (χ0) is 23.0. The van der Waals surface area contributed by atoms with Gasteiger partial charge in [-0.05, 0) is 79.6 Å². The van der Waals surface area contributed by atoms with Crippen LogP contribution in [0.2, 0.25) is 0 Å². The van der Waals surface area contributed by atoms with E-state index >= 15 is 0 Å². The topological polar surface area (TPSA) is 57.9 Å². The highest BCUT2D eigenvalue weighted by atomic mass is 19.4. The molecule has 0 bridgehead atoms. The number of likely N-dealkylation sites (tertiary alicyclic amines) is 1. The van der Waals surface area contributed by atoms with E-state index in [9.17, 15) is 13.2 Å². The zero-order valence-corrected chi connectivity index (χ0v) is 18.9. The van der Waals surface area contributed by atoms with Gasteiger partial charge in [-0.2, -0.15) is 13.2 Å². The molecule has 7 heteroatoms. The van der Waals surface area contributed by atoms with Gasteiger partial charge in [-0.1, -0.05) is 19.9 Å². The van der Waals surface area contributed by atoms with Crippen LogP contribution >= 0.6 is 0 Å². The van der Waals surface area contributed by atoms with E-state index < -0.39 is 12.6 Å². The summed E-state index contributed by atoms with van der Waals surface area (Å²) in [6.45, 7) is 7.87. The van der Waals surface area contributed by atoms with Crippen LogP contribution in [0.25, 0.3) is 22.2 Å². The lowest BCUT2D eigenvalue weighted by Gasteiger charge is -2.32. The van der Waals surface area contributed by atoms with Gasteiger partial charge in [0.15, 0.2) is 0 Å². The maximum Gasteiger partial charge on any atom is 0.390 e. The Balaban J connectivity index is 1.59. The van der Waals surface area contributed by atoms with Gasteiger partial charge in [0.25, 0.3) is 0 Å². The molecule has 0 amide bonds. The molecule has 2 aromatic heterocycles. The minimum Gasteiger partial charge on any atom is -0.383 e. The molecule has 0 saturated carbocycles. The summed E-state index contributed by atoms with van der Waals surface area (Å²) in [7, 11) is 0. The number of aryl methyl sites for hydroxylation is 1. The zero-order valence-electron chi connectivity index (χ0n) is 18.9. The highest BCUT2D eigenvalue weighted by Gasteiger charge is 2.29. The molecule has 1 saturated heterocycles. The molecule has 1 aliphatic rings. The third-order valence-corrected chi connectivity index (χ3v) is 6.62. The molecule has 3 heterocycles. The van der Waals surface area contributed by atoms with Crippen molar-refractivity contribution in [2.75, 3.05) is 25.4 Å². The number of nitrogens with two attached hydrogens (primary N) is 1. The van der Waals surface area contributed by atoms with Gasteiger partial charge >= 0.3 is 6.18 Å². The molecular formula is C25H31F3N4. The first-order valence-corrected chi connectivity index (χ1v) is 11.3. The lowest BCUT2D eigenvalue weighted by molar-refractivity contribution is -0.138. The molecule has 32 heavy (non-hydrogen) atoms. The lowest BCUT2D eigenvalue weighted by atomic mass is 9.87.